The van der Waals surface area contributed by atoms with Gasteiger partial charge in [-0.2, -0.15) is 10.2 Å². The van der Waals surface area contributed by atoms with E-state index in [4.69, 9.17) is 14.6 Å². The van der Waals surface area contributed by atoms with Crippen LogP contribution in [-0.4, -0.2) is 18.4 Å². The van der Waals surface area contributed by atoms with Crippen LogP contribution in [0.1, 0.15) is 11.5 Å². The van der Waals surface area contributed by atoms with E-state index in [1.165, 1.54) is 12.4 Å². The van der Waals surface area contributed by atoms with Gasteiger partial charge in [-0.3, -0.25) is 0 Å². The summed E-state index contributed by atoms with van der Waals surface area (Å²) in [6.45, 7) is 0. The lowest BCUT2D eigenvalue weighted by Gasteiger charge is -1.93. The van der Waals surface area contributed by atoms with Crippen molar-refractivity contribution in [2.75, 3.05) is 0 Å². The molecule has 2 aromatic rings. The molecule has 7 nitrogen and oxygen atoms in total. The summed E-state index contributed by atoms with van der Waals surface area (Å²) in [6, 6.07) is 3.50. The summed E-state index contributed by atoms with van der Waals surface area (Å²) in [7, 11) is 0. The Balaban J connectivity index is 0.00000220. The Morgan fingerprint density at radius 3 is 2.19 bits per heavy atom. The topological polar surface area (TPSA) is 101 Å². The first kappa shape index (κ1) is 17.5. The minimum Gasteiger partial charge on any atom is -0.462 e. The first-order chi connectivity index (χ1) is 9.63. The molecule has 3 N–H and O–H groups in total. The molecule has 0 amide bonds. The van der Waals surface area contributed by atoms with Gasteiger partial charge < -0.3 is 14.6 Å². The minimum absolute atomic E-state index is 0. The van der Waals surface area contributed by atoms with Gasteiger partial charge in [0.25, 0.3) is 0 Å². The lowest BCUT2D eigenvalue weighted by molar-refractivity contribution is 0.558. The van der Waals surface area contributed by atoms with Crippen LogP contribution in [-0.2, 0) is 0 Å². The Bertz CT molecular complexity index is 665. The highest BCUT2D eigenvalue weighted by molar-refractivity contribution is 9.10. The highest BCUT2D eigenvalue weighted by atomic mass is 79.9. The van der Waals surface area contributed by atoms with Crippen LogP contribution in [0.5, 0.6) is 0 Å². The first-order valence-corrected chi connectivity index (χ1v) is 6.86. The van der Waals surface area contributed by atoms with Gasteiger partial charge in [-0.05, 0) is 44.0 Å². The fourth-order valence-electron chi connectivity index (χ4n) is 1.12. The Morgan fingerprint density at radius 1 is 1.10 bits per heavy atom. The lowest BCUT2D eigenvalue weighted by atomic mass is 10.5. The third-order valence-corrected chi connectivity index (χ3v) is 2.73. The van der Waals surface area contributed by atoms with Gasteiger partial charge in [0, 0.05) is 0 Å². The number of hydrogen-bond acceptors (Lipinski definition) is 5. The molecule has 2 aromatic heterocycles. The summed E-state index contributed by atoms with van der Waals surface area (Å²) in [5.74, 6) is 1.16. The zero-order chi connectivity index (χ0) is 14.4. The van der Waals surface area contributed by atoms with E-state index < -0.39 is 0 Å². The molecule has 21 heavy (non-hydrogen) atoms. The van der Waals surface area contributed by atoms with Crippen LogP contribution in [0.2, 0.25) is 0 Å². The molecule has 0 unspecified atom stereocenters. The van der Waals surface area contributed by atoms with Crippen molar-refractivity contribution in [3.8, 4) is 0 Å². The van der Waals surface area contributed by atoms with Crippen molar-refractivity contribution < 1.29 is 8.83 Å². The zero-order valence-electron chi connectivity index (χ0n) is 10.4. The van der Waals surface area contributed by atoms with E-state index in [-0.39, 0.29) is 18.4 Å². The van der Waals surface area contributed by atoms with Crippen LogP contribution >= 0.6 is 44.3 Å². The number of hydrazone groups is 1. The number of nitrogens with one attached hydrogen (secondary N) is 1. The van der Waals surface area contributed by atoms with Gasteiger partial charge in [-0.1, -0.05) is 0 Å². The molecule has 0 aliphatic carbocycles. The molecule has 10 heteroatoms. The van der Waals surface area contributed by atoms with Gasteiger partial charge >= 0.3 is 0 Å². The van der Waals surface area contributed by atoms with E-state index in [1.807, 2.05) is 0 Å². The second-order valence-electron chi connectivity index (χ2n) is 3.43. The molecule has 0 saturated carbocycles. The smallest absolute Gasteiger partial charge is 0.234 e. The monoisotopic (exact) mass is 437 g/mol. The van der Waals surface area contributed by atoms with E-state index in [1.54, 1.807) is 24.7 Å². The Hall–Kier alpha value is -1.58. The molecule has 0 atom stereocenters. The van der Waals surface area contributed by atoms with Crippen LogP contribution in [0.3, 0.4) is 0 Å². The van der Waals surface area contributed by atoms with Crippen molar-refractivity contribution in [2.24, 2.45) is 21.0 Å². The fraction of sp³-hybridized carbons (Fsp3) is 0. The van der Waals surface area contributed by atoms with E-state index in [9.17, 15) is 0 Å². The summed E-state index contributed by atoms with van der Waals surface area (Å²) < 4.78 is 11.9. The SMILES string of the molecule is Cl.NC(=NN=Cc1cc(Br)co1)NN=Cc1cc(Br)co1. The van der Waals surface area contributed by atoms with Gasteiger partial charge in [0.1, 0.15) is 24.0 Å². The summed E-state index contributed by atoms with van der Waals surface area (Å²) in [4.78, 5) is 0. The molecule has 0 aromatic carbocycles. The van der Waals surface area contributed by atoms with Crippen LogP contribution in [0.15, 0.2) is 57.7 Å². The lowest BCUT2D eigenvalue weighted by Crippen LogP contribution is -2.26. The molecule has 0 spiro atoms. The summed E-state index contributed by atoms with van der Waals surface area (Å²) in [5, 5.41) is 11.3. The Labute approximate surface area is 143 Å². The predicted octanol–water partition coefficient (Wildman–Crippen LogP) is 3.09. The second kappa shape index (κ2) is 8.65. The normalized spacial score (nSPS) is 12.0. The molecule has 0 fully saturated rings. The van der Waals surface area contributed by atoms with Gasteiger partial charge in [-0.15, -0.1) is 17.5 Å². The summed E-state index contributed by atoms with van der Waals surface area (Å²) in [6.07, 6.45) is 5.97. The number of nitrogens with zero attached hydrogens (tertiary/aromatic N) is 3. The van der Waals surface area contributed by atoms with E-state index >= 15 is 0 Å². The van der Waals surface area contributed by atoms with Crippen LogP contribution < -0.4 is 11.2 Å². The number of nitrogens with two attached hydrogens (primary N) is 1. The third kappa shape index (κ3) is 6.15. The molecule has 0 aliphatic heterocycles. The Morgan fingerprint density at radius 2 is 1.67 bits per heavy atom. The van der Waals surface area contributed by atoms with Crippen LogP contribution in [0.25, 0.3) is 0 Å². The maximum absolute atomic E-state index is 5.54. The van der Waals surface area contributed by atoms with Gasteiger partial charge in [-0.25, -0.2) is 5.43 Å². The van der Waals surface area contributed by atoms with Crippen molar-refractivity contribution in [1.29, 1.82) is 0 Å². The summed E-state index contributed by atoms with van der Waals surface area (Å²) >= 11 is 6.51. The van der Waals surface area contributed by atoms with Gasteiger partial charge in [0.2, 0.25) is 5.96 Å². The van der Waals surface area contributed by atoms with Crippen molar-refractivity contribution in [3.05, 3.63) is 45.1 Å². The highest BCUT2D eigenvalue weighted by Gasteiger charge is 1.95. The average Bonchev–Trinajstić information content (AvgIpc) is 2.99. The number of hydrogen-bond donors (Lipinski definition) is 2. The van der Waals surface area contributed by atoms with Gasteiger partial charge in [0.15, 0.2) is 0 Å². The van der Waals surface area contributed by atoms with Crippen molar-refractivity contribution in [2.45, 2.75) is 0 Å². The maximum atomic E-state index is 5.54. The van der Waals surface area contributed by atoms with Crippen molar-refractivity contribution >= 4 is 62.7 Å². The fourth-order valence-corrected chi connectivity index (χ4v) is 1.76. The maximum Gasteiger partial charge on any atom is 0.234 e. The molecule has 0 aliphatic rings. The van der Waals surface area contributed by atoms with E-state index in [2.05, 4.69) is 52.6 Å². The van der Waals surface area contributed by atoms with E-state index in [0.717, 1.165) is 8.95 Å². The molecule has 0 bridgehead atoms. The number of rotatable bonds is 4. The van der Waals surface area contributed by atoms with Crippen molar-refractivity contribution in [3.63, 3.8) is 0 Å². The average molecular weight is 439 g/mol. The molecule has 2 heterocycles. The van der Waals surface area contributed by atoms with Gasteiger partial charge in [0.05, 0.1) is 21.4 Å². The third-order valence-electron chi connectivity index (χ3n) is 1.90. The minimum atomic E-state index is 0. The zero-order valence-corrected chi connectivity index (χ0v) is 14.4. The molecule has 0 radical (unpaired) electrons. The van der Waals surface area contributed by atoms with E-state index in [0.29, 0.717) is 11.5 Å². The molecule has 112 valence electrons. The standard InChI is InChI=1S/C11H9Br2N5O2.ClH/c12-7-1-9(19-5-7)3-15-17-11(14)18-16-4-10-2-8(13)6-20-10;/h1-6H,(H3,14,17,18);1H. The predicted molar refractivity (Wildman–Crippen MR) is 90.0 cm³/mol. The first-order valence-electron chi connectivity index (χ1n) is 5.27. The highest BCUT2D eigenvalue weighted by Crippen LogP contribution is 2.12. The molecular weight excluding hydrogens is 429 g/mol. The Kier molecular flexibility index (Phi) is 7.20. The molecule has 2 rings (SSSR count). The number of furan rings is 2. The molecule has 0 saturated heterocycles. The summed E-state index contributed by atoms with van der Waals surface area (Å²) in [5.41, 5.74) is 8.04. The number of halogens is 3. The van der Waals surface area contributed by atoms with Crippen LogP contribution in [0.4, 0.5) is 0 Å². The van der Waals surface area contributed by atoms with Crippen LogP contribution in [0, 0.1) is 0 Å². The number of guanidine groups is 1. The molecular formula is C11H10Br2ClN5O2. The van der Waals surface area contributed by atoms with Crippen molar-refractivity contribution in [1.82, 2.24) is 5.43 Å². The largest absolute Gasteiger partial charge is 0.462 e. The quantitative estimate of drug-likeness (QED) is 0.434. The second-order valence-corrected chi connectivity index (χ2v) is 5.27.